The van der Waals surface area contributed by atoms with E-state index in [0.29, 0.717) is 19.4 Å². The van der Waals surface area contributed by atoms with E-state index in [4.69, 9.17) is 0 Å². The van der Waals surface area contributed by atoms with Crippen LogP contribution in [0.3, 0.4) is 0 Å². The van der Waals surface area contributed by atoms with Crippen molar-refractivity contribution in [3.63, 3.8) is 0 Å². The Kier molecular flexibility index (Phi) is 4.54. The summed E-state index contributed by atoms with van der Waals surface area (Å²) in [5.41, 5.74) is -0.0736. The highest BCUT2D eigenvalue weighted by molar-refractivity contribution is 9.11. The minimum absolute atomic E-state index is 0.0790. The zero-order valence-corrected chi connectivity index (χ0v) is 14.5. The standard InChI is InChI=1S/C14H16Br2N2O2/c1-3-14(2)13(20)18(7-6-12(19)17-14)11-8-9(15)4-5-10(11)16/h4-5,8H,3,6-7H2,1-2H3,(H,17,19). The van der Waals surface area contributed by atoms with Crippen LogP contribution in [0.5, 0.6) is 0 Å². The molecule has 1 aromatic rings. The molecule has 0 bridgehead atoms. The normalized spacial score (nSPS) is 23.5. The fourth-order valence-electron chi connectivity index (χ4n) is 2.20. The van der Waals surface area contributed by atoms with Gasteiger partial charge in [-0.1, -0.05) is 22.9 Å². The lowest BCUT2D eigenvalue weighted by molar-refractivity contribution is -0.129. The predicted octanol–water partition coefficient (Wildman–Crippen LogP) is 3.23. The second-order valence-electron chi connectivity index (χ2n) is 5.04. The second-order valence-corrected chi connectivity index (χ2v) is 6.81. The lowest BCUT2D eigenvalue weighted by atomic mass is 9.97. The first-order valence-electron chi connectivity index (χ1n) is 6.45. The zero-order valence-electron chi connectivity index (χ0n) is 11.4. The Bertz CT molecular complexity index is 562. The molecule has 1 heterocycles. The van der Waals surface area contributed by atoms with Crippen molar-refractivity contribution in [2.75, 3.05) is 11.4 Å². The molecule has 1 unspecified atom stereocenters. The lowest BCUT2D eigenvalue weighted by Crippen LogP contribution is -2.54. The van der Waals surface area contributed by atoms with Gasteiger partial charge in [-0.25, -0.2) is 0 Å². The number of carbonyl (C=O) groups excluding carboxylic acids is 2. The van der Waals surface area contributed by atoms with E-state index in [1.807, 2.05) is 25.1 Å². The maximum Gasteiger partial charge on any atom is 0.252 e. The molecule has 0 aliphatic carbocycles. The van der Waals surface area contributed by atoms with E-state index in [1.54, 1.807) is 11.8 Å². The van der Waals surface area contributed by atoms with Crippen molar-refractivity contribution in [3.8, 4) is 0 Å². The molecule has 20 heavy (non-hydrogen) atoms. The van der Waals surface area contributed by atoms with E-state index < -0.39 is 5.54 Å². The Labute approximate surface area is 135 Å². The Hall–Kier alpha value is -0.880. The molecular formula is C14H16Br2N2O2. The number of carbonyl (C=O) groups is 2. The van der Waals surface area contributed by atoms with Crippen molar-refractivity contribution in [1.29, 1.82) is 0 Å². The number of rotatable bonds is 2. The average molecular weight is 404 g/mol. The summed E-state index contributed by atoms with van der Waals surface area (Å²) in [4.78, 5) is 26.3. The summed E-state index contributed by atoms with van der Waals surface area (Å²) in [6, 6.07) is 5.67. The summed E-state index contributed by atoms with van der Waals surface area (Å²) in [7, 11) is 0. The molecule has 4 nitrogen and oxygen atoms in total. The van der Waals surface area contributed by atoms with Gasteiger partial charge in [0.2, 0.25) is 5.91 Å². The highest BCUT2D eigenvalue weighted by Gasteiger charge is 2.40. The van der Waals surface area contributed by atoms with E-state index in [2.05, 4.69) is 37.2 Å². The Morgan fingerprint density at radius 3 is 2.70 bits per heavy atom. The van der Waals surface area contributed by atoms with E-state index in [1.165, 1.54) is 0 Å². The highest BCUT2D eigenvalue weighted by atomic mass is 79.9. The van der Waals surface area contributed by atoms with Crippen molar-refractivity contribution in [1.82, 2.24) is 5.32 Å². The summed E-state index contributed by atoms with van der Waals surface area (Å²) >= 11 is 6.89. The van der Waals surface area contributed by atoms with Gasteiger partial charge in [0.05, 0.1) is 5.69 Å². The number of hydrogen-bond acceptors (Lipinski definition) is 2. The third kappa shape index (κ3) is 2.91. The van der Waals surface area contributed by atoms with Crippen molar-refractivity contribution in [2.45, 2.75) is 32.2 Å². The maximum absolute atomic E-state index is 12.8. The SMILES string of the molecule is CCC1(C)NC(=O)CCN(c2cc(Br)ccc2Br)C1=O. The van der Waals surface area contributed by atoms with E-state index in [-0.39, 0.29) is 11.8 Å². The number of hydrogen-bond donors (Lipinski definition) is 1. The molecule has 1 aliphatic rings. The van der Waals surface area contributed by atoms with Crippen molar-refractivity contribution in [2.24, 2.45) is 0 Å². The summed E-state index contributed by atoms with van der Waals surface area (Å²) in [5.74, 6) is -0.166. The van der Waals surface area contributed by atoms with Crippen LogP contribution in [-0.2, 0) is 9.59 Å². The Morgan fingerprint density at radius 1 is 1.35 bits per heavy atom. The molecule has 0 aromatic heterocycles. The molecule has 1 fully saturated rings. The smallest absolute Gasteiger partial charge is 0.252 e. The number of nitrogens with one attached hydrogen (secondary N) is 1. The molecule has 0 saturated carbocycles. The van der Waals surface area contributed by atoms with E-state index in [0.717, 1.165) is 14.6 Å². The maximum atomic E-state index is 12.8. The fourth-order valence-corrected chi connectivity index (χ4v) is 3.01. The van der Waals surface area contributed by atoms with E-state index >= 15 is 0 Å². The molecule has 0 spiro atoms. The molecule has 1 saturated heterocycles. The summed E-state index contributed by atoms with van der Waals surface area (Å²) in [6.45, 7) is 4.06. The van der Waals surface area contributed by atoms with Gasteiger partial charge in [0.15, 0.2) is 0 Å². The van der Waals surface area contributed by atoms with Gasteiger partial charge >= 0.3 is 0 Å². The van der Waals surface area contributed by atoms with Crippen LogP contribution >= 0.6 is 31.9 Å². The molecule has 2 amide bonds. The van der Waals surface area contributed by atoms with Gasteiger partial charge in [0.25, 0.3) is 5.91 Å². The largest absolute Gasteiger partial charge is 0.342 e. The summed E-state index contributed by atoms with van der Waals surface area (Å²) < 4.78 is 1.73. The molecule has 108 valence electrons. The Balaban J connectivity index is 2.46. The first kappa shape index (κ1) is 15.5. The van der Waals surface area contributed by atoms with Crippen LogP contribution in [0.4, 0.5) is 5.69 Å². The van der Waals surface area contributed by atoms with Gasteiger partial charge in [-0.3, -0.25) is 9.59 Å². The van der Waals surface area contributed by atoms with Crippen LogP contribution in [0, 0.1) is 0 Å². The molecule has 1 aliphatic heterocycles. The van der Waals surface area contributed by atoms with Crippen LogP contribution in [0.2, 0.25) is 0 Å². The quantitative estimate of drug-likeness (QED) is 0.823. The zero-order chi connectivity index (χ0) is 14.9. The number of anilines is 1. The minimum atomic E-state index is -0.852. The topological polar surface area (TPSA) is 49.4 Å². The Morgan fingerprint density at radius 2 is 2.05 bits per heavy atom. The van der Waals surface area contributed by atoms with Gasteiger partial charge in [0, 0.05) is 21.9 Å². The van der Waals surface area contributed by atoms with Gasteiger partial charge in [-0.2, -0.15) is 0 Å². The third-order valence-electron chi connectivity index (χ3n) is 3.60. The third-order valence-corrected chi connectivity index (χ3v) is 4.76. The highest BCUT2D eigenvalue weighted by Crippen LogP contribution is 2.32. The number of amides is 2. The molecule has 6 heteroatoms. The average Bonchev–Trinajstić information content (AvgIpc) is 2.52. The first-order valence-corrected chi connectivity index (χ1v) is 8.04. The van der Waals surface area contributed by atoms with Crippen molar-refractivity contribution < 1.29 is 9.59 Å². The number of benzene rings is 1. The van der Waals surface area contributed by atoms with Crippen LogP contribution < -0.4 is 10.2 Å². The molecule has 1 N–H and O–H groups in total. The molecular weight excluding hydrogens is 388 g/mol. The molecule has 1 atom stereocenters. The number of halogens is 2. The van der Waals surface area contributed by atoms with Crippen LogP contribution in [0.15, 0.2) is 27.1 Å². The predicted molar refractivity (Wildman–Crippen MR) is 85.7 cm³/mol. The van der Waals surface area contributed by atoms with Crippen LogP contribution in [0.25, 0.3) is 0 Å². The first-order chi connectivity index (χ1) is 9.37. The van der Waals surface area contributed by atoms with Crippen LogP contribution in [-0.4, -0.2) is 23.9 Å². The van der Waals surface area contributed by atoms with Crippen LogP contribution in [0.1, 0.15) is 26.7 Å². The fraction of sp³-hybridized carbons (Fsp3) is 0.429. The summed E-state index contributed by atoms with van der Waals surface area (Å²) in [6.07, 6.45) is 0.861. The summed E-state index contributed by atoms with van der Waals surface area (Å²) in [5, 5.41) is 2.83. The monoisotopic (exact) mass is 402 g/mol. The van der Waals surface area contributed by atoms with E-state index in [9.17, 15) is 9.59 Å². The van der Waals surface area contributed by atoms with Gasteiger partial charge in [-0.15, -0.1) is 0 Å². The lowest BCUT2D eigenvalue weighted by Gasteiger charge is -2.31. The van der Waals surface area contributed by atoms with Crippen molar-refractivity contribution in [3.05, 3.63) is 27.1 Å². The van der Waals surface area contributed by atoms with Gasteiger partial charge < -0.3 is 10.2 Å². The number of nitrogens with zero attached hydrogens (tertiary/aromatic N) is 1. The molecule has 1 aromatic carbocycles. The molecule has 0 radical (unpaired) electrons. The molecule has 2 rings (SSSR count). The van der Waals surface area contributed by atoms with Crippen molar-refractivity contribution >= 4 is 49.4 Å². The van der Waals surface area contributed by atoms with Gasteiger partial charge in [0.1, 0.15) is 5.54 Å². The minimum Gasteiger partial charge on any atom is -0.342 e. The second kappa shape index (κ2) is 5.85. The van der Waals surface area contributed by atoms with Gasteiger partial charge in [-0.05, 0) is 47.5 Å².